The zero-order valence-electron chi connectivity index (χ0n) is 7.17. The number of hydrogen-bond acceptors (Lipinski definition) is 3. The second-order valence-electron chi connectivity index (χ2n) is 2.49. The maximum absolute atomic E-state index is 3.77. The number of nitrogens with zero attached hydrogens (tertiary/aromatic N) is 4. The largest absolute Gasteiger partial charge is 0.228 e. The summed E-state index contributed by atoms with van der Waals surface area (Å²) in [7, 11) is 0. The third-order valence-corrected chi connectivity index (χ3v) is 1.58. The van der Waals surface area contributed by atoms with Gasteiger partial charge in [0.2, 0.25) is 0 Å². The summed E-state index contributed by atoms with van der Waals surface area (Å²) < 4.78 is 1.69. The summed E-state index contributed by atoms with van der Waals surface area (Å²) in [5.41, 5.74) is 1.20. The van der Waals surface area contributed by atoms with Crippen LogP contribution in [0.25, 0.3) is 0 Å². The van der Waals surface area contributed by atoms with Gasteiger partial charge in [0.1, 0.15) is 6.33 Å². The van der Waals surface area contributed by atoms with Gasteiger partial charge in [-0.25, -0.2) is 4.68 Å². The van der Waals surface area contributed by atoms with Gasteiger partial charge < -0.3 is 0 Å². The fourth-order valence-electron chi connectivity index (χ4n) is 1.02. The SMILES string of the molecule is [Hg].c1ccc(Cn2cnnn2)cc1. The third-order valence-electron chi connectivity index (χ3n) is 1.58. The average molecular weight is 361 g/mol. The number of benzene rings is 1. The zero-order chi connectivity index (χ0) is 8.23. The van der Waals surface area contributed by atoms with Gasteiger partial charge >= 0.3 is 0 Å². The van der Waals surface area contributed by atoms with Crippen molar-refractivity contribution in [2.45, 2.75) is 6.54 Å². The van der Waals surface area contributed by atoms with Crippen LogP contribution in [0, 0.1) is 0 Å². The van der Waals surface area contributed by atoms with Crippen molar-refractivity contribution >= 4 is 0 Å². The Morgan fingerprint density at radius 1 is 1.15 bits per heavy atom. The Labute approximate surface area is 96.5 Å². The summed E-state index contributed by atoms with van der Waals surface area (Å²) in [5, 5.41) is 10.9. The van der Waals surface area contributed by atoms with Crippen molar-refractivity contribution in [3.05, 3.63) is 42.2 Å². The second-order valence-corrected chi connectivity index (χ2v) is 2.49. The van der Waals surface area contributed by atoms with Crippen LogP contribution in [-0.4, -0.2) is 20.2 Å². The molecular weight excluding hydrogens is 353 g/mol. The smallest absolute Gasteiger partial charge is 0.138 e. The predicted molar refractivity (Wildman–Crippen MR) is 43.4 cm³/mol. The van der Waals surface area contributed by atoms with Crippen LogP contribution in [0.15, 0.2) is 36.7 Å². The molecule has 1 aromatic heterocycles. The summed E-state index contributed by atoms with van der Waals surface area (Å²) >= 11 is 0. The standard InChI is InChI=1S/C8H8N4.Hg/c1-2-4-8(5-3-1)6-12-7-9-10-11-12;/h1-5,7H,6H2;. The molecule has 1 heterocycles. The van der Waals surface area contributed by atoms with Crippen LogP contribution in [-0.2, 0) is 34.2 Å². The van der Waals surface area contributed by atoms with E-state index in [0.717, 1.165) is 6.54 Å². The summed E-state index contributed by atoms with van der Waals surface area (Å²) in [6.45, 7) is 0.730. The third kappa shape index (κ3) is 2.88. The van der Waals surface area contributed by atoms with E-state index in [4.69, 9.17) is 0 Å². The van der Waals surface area contributed by atoms with Gasteiger partial charge in [-0.05, 0) is 16.0 Å². The number of aromatic nitrogens is 4. The first-order chi connectivity index (χ1) is 5.95. The number of hydrogen-bond donors (Lipinski definition) is 0. The molecule has 0 saturated heterocycles. The van der Waals surface area contributed by atoms with Crippen LogP contribution in [0.3, 0.4) is 0 Å². The van der Waals surface area contributed by atoms with E-state index in [9.17, 15) is 0 Å². The first-order valence-corrected chi connectivity index (χ1v) is 3.70. The van der Waals surface area contributed by atoms with Crippen LogP contribution in [0.2, 0.25) is 0 Å². The molecule has 2 rings (SSSR count). The van der Waals surface area contributed by atoms with Crippen molar-refractivity contribution in [1.29, 1.82) is 0 Å². The monoisotopic (exact) mass is 362 g/mol. The maximum atomic E-state index is 3.77. The van der Waals surface area contributed by atoms with Crippen molar-refractivity contribution in [3.63, 3.8) is 0 Å². The molecule has 0 aliphatic heterocycles. The van der Waals surface area contributed by atoms with Crippen LogP contribution in [0.1, 0.15) is 5.56 Å². The van der Waals surface area contributed by atoms with Gasteiger partial charge in [-0.3, -0.25) is 0 Å². The molecule has 13 heavy (non-hydrogen) atoms. The normalized spacial score (nSPS) is 9.23. The molecule has 0 spiro atoms. The molecule has 0 radical (unpaired) electrons. The molecule has 0 bridgehead atoms. The van der Waals surface area contributed by atoms with Crippen molar-refractivity contribution < 1.29 is 27.7 Å². The quantitative estimate of drug-likeness (QED) is 0.741. The minimum absolute atomic E-state index is 0. The summed E-state index contributed by atoms with van der Waals surface area (Å²) in [6.07, 6.45) is 1.60. The molecule has 4 nitrogen and oxygen atoms in total. The van der Waals surface area contributed by atoms with Gasteiger partial charge in [-0.1, -0.05) is 30.3 Å². The Morgan fingerprint density at radius 3 is 2.54 bits per heavy atom. The molecule has 0 saturated carbocycles. The van der Waals surface area contributed by atoms with Gasteiger partial charge in [0, 0.05) is 27.7 Å². The maximum Gasteiger partial charge on any atom is 0.138 e. The van der Waals surface area contributed by atoms with E-state index in [2.05, 4.69) is 15.5 Å². The molecular formula is C8H8HgN4. The summed E-state index contributed by atoms with van der Waals surface area (Å²) in [5.74, 6) is 0. The molecule has 0 N–H and O–H groups in total. The summed E-state index contributed by atoms with van der Waals surface area (Å²) in [4.78, 5) is 0. The van der Waals surface area contributed by atoms with Crippen molar-refractivity contribution in [2.24, 2.45) is 0 Å². The van der Waals surface area contributed by atoms with E-state index in [0.29, 0.717) is 0 Å². The fraction of sp³-hybridized carbons (Fsp3) is 0.125. The van der Waals surface area contributed by atoms with E-state index in [1.54, 1.807) is 11.0 Å². The number of tetrazole rings is 1. The molecule has 2 aromatic rings. The van der Waals surface area contributed by atoms with Gasteiger partial charge in [-0.15, -0.1) is 5.10 Å². The van der Waals surface area contributed by atoms with Crippen LogP contribution >= 0.6 is 0 Å². The molecule has 0 aliphatic carbocycles. The minimum Gasteiger partial charge on any atom is -0.228 e. The van der Waals surface area contributed by atoms with E-state index >= 15 is 0 Å². The van der Waals surface area contributed by atoms with E-state index in [1.807, 2.05) is 30.3 Å². The number of rotatable bonds is 2. The Balaban J connectivity index is 0.000000845. The van der Waals surface area contributed by atoms with Crippen molar-refractivity contribution in [2.75, 3.05) is 0 Å². The Kier molecular flexibility index (Phi) is 4.01. The minimum atomic E-state index is 0. The molecule has 0 atom stereocenters. The first-order valence-electron chi connectivity index (χ1n) is 3.70. The molecule has 0 aliphatic rings. The predicted octanol–water partition coefficient (Wildman–Crippen LogP) is 0.719. The van der Waals surface area contributed by atoms with Gasteiger partial charge in [0.05, 0.1) is 6.54 Å². The second kappa shape index (κ2) is 5.06. The molecule has 1 aromatic carbocycles. The Morgan fingerprint density at radius 2 is 1.92 bits per heavy atom. The average Bonchev–Trinajstić information content (AvgIpc) is 2.59. The van der Waals surface area contributed by atoms with Crippen LogP contribution < -0.4 is 0 Å². The fourth-order valence-corrected chi connectivity index (χ4v) is 1.02. The first kappa shape index (κ1) is 10.3. The molecule has 0 fully saturated rings. The van der Waals surface area contributed by atoms with E-state index < -0.39 is 0 Å². The molecule has 0 amide bonds. The van der Waals surface area contributed by atoms with Crippen molar-refractivity contribution in [3.8, 4) is 0 Å². The van der Waals surface area contributed by atoms with Crippen molar-refractivity contribution in [1.82, 2.24) is 20.2 Å². The van der Waals surface area contributed by atoms with Crippen LogP contribution in [0.5, 0.6) is 0 Å². The van der Waals surface area contributed by atoms with Gasteiger partial charge in [0.25, 0.3) is 0 Å². The molecule has 5 heteroatoms. The van der Waals surface area contributed by atoms with E-state index in [1.165, 1.54) is 5.56 Å². The Hall–Kier alpha value is -0.775. The van der Waals surface area contributed by atoms with Gasteiger partial charge in [-0.2, -0.15) is 0 Å². The topological polar surface area (TPSA) is 43.6 Å². The van der Waals surface area contributed by atoms with Crippen LogP contribution in [0.4, 0.5) is 0 Å². The van der Waals surface area contributed by atoms with E-state index in [-0.39, 0.29) is 27.7 Å². The molecule has 62 valence electrons. The summed E-state index contributed by atoms with van der Waals surface area (Å²) in [6, 6.07) is 10.1. The Bertz CT molecular complexity index is 332. The van der Waals surface area contributed by atoms with Gasteiger partial charge in [0.15, 0.2) is 0 Å². The zero-order valence-corrected chi connectivity index (χ0v) is 12.7. The molecule has 0 unspecified atom stereocenters.